The third-order valence-electron chi connectivity index (χ3n) is 3.26. The molecule has 2 rings (SSSR count). The van der Waals surface area contributed by atoms with Crippen LogP contribution in [0, 0.1) is 6.92 Å². The number of aromatic nitrogens is 2. The van der Waals surface area contributed by atoms with Crippen LogP contribution in [0.4, 0.5) is 5.95 Å². The Morgan fingerprint density at radius 1 is 1.47 bits per heavy atom. The van der Waals surface area contributed by atoms with Crippen molar-refractivity contribution in [3.05, 3.63) is 17.5 Å². The Kier molecular flexibility index (Phi) is 3.94. The number of aryl methyl sites for hydroxylation is 1. The fourth-order valence-corrected chi connectivity index (χ4v) is 2.32. The van der Waals surface area contributed by atoms with Gasteiger partial charge in [0.05, 0.1) is 5.69 Å². The second-order valence-corrected chi connectivity index (χ2v) is 4.77. The van der Waals surface area contributed by atoms with E-state index < -0.39 is 0 Å². The molecule has 17 heavy (non-hydrogen) atoms. The normalized spacial score (nSPS) is 19.9. The minimum absolute atomic E-state index is 0.573. The zero-order valence-corrected chi connectivity index (χ0v) is 11.0. The highest BCUT2D eigenvalue weighted by atomic mass is 15.3. The van der Waals surface area contributed by atoms with Crippen molar-refractivity contribution in [1.29, 1.82) is 0 Å². The van der Waals surface area contributed by atoms with Gasteiger partial charge in [0, 0.05) is 24.8 Å². The molecule has 1 aliphatic rings. The van der Waals surface area contributed by atoms with Crippen LogP contribution in [0.3, 0.4) is 0 Å². The maximum absolute atomic E-state index is 4.66. The van der Waals surface area contributed by atoms with Gasteiger partial charge in [0.15, 0.2) is 0 Å². The summed E-state index contributed by atoms with van der Waals surface area (Å²) in [7, 11) is 0. The maximum Gasteiger partial charge on any atom is 0.226 e. The van der Waals surface area contributed by atoms with Crippen LogP contribution in [0.25, 0.3) is 0 Å². The zero-order chi connectivity index (χ0) is 12.3. The number of hydrogen-bond acceptors (Lipinski definition) is 4. The van der Waals surface area contributed by atoms with Crippen molar-refractivity contribution in [1.82, 2.24) is 15.3 Å². The predicted octanol–water partition coefficient (Wildman–Crippen LogP) is 1.88. The summed E-state index contributed by atoms with van der Waals surface area (Å²) in [5.74, 6) is 0.905. The maximum atomic E-state index is 4.66. The molecule has 0 aliphatic carbocycles. The number of nitrogens with zero attached hydrogens (tertiary/aromatic N) is 3. The van der Waals surface area contributed by atoms with Crippen molar-refractivity contribution < 1.29 is 0 Å². The van der Waals surface area contributed by atoms with Crippen LogP contribution < -0.4 is 10.2 Å². The van der Waals surface area contributed by atoms with Gasteiger partial charge in [-0.3, -0.25) is 0 Å². The molecule has 2 heterocycles. The fourth-order valence-electron chi connectivity index (χ4n) is 2.32. The highest BCUT2D eigenvalue weighted by Gasteiger charge is 2.22. The van der Waals surface area contributed by atoms with Gasteiger partial charge in [-0.15, -0.1) is 0 Å². The molecule has 0 aromatic carbocycles. The second kappa shape index (κ2) is 5.45. The summed E-state index contributed by atoms with van der Waals surface area (Å²) in [6.07, 6.45) is 2.50. The lowest BCUT2D eigenvalue weighted by Crippen LogP contribution is -2.29. The Morgan fingerprint density at radius 2 is 2.29 bits per heavy atom. The van der Waals surface area contributed by atoms with E-state index in [1.807, 2.05) is 6.92 Å². The van der Waals surface area contributed by atoms with E-state index in [9.17, 15) is 0 Å². The first-order valence-electron chi connectivity index (χ1n) is 6.52. The number of hydrogen-bond donors (Lipinski definition) is 1. The quantitative estimate of drug-likeness (QED) is 0.863. The lowest BCUT2D eigenvalue weighted by Gasteiger charge is -2.22. The van der Waals surface area contributed by atoms with Crippen LogP contribution in [0.5, 0.6) is 0 Å². The van der Waals surface area contributed by atoms with E-state index in [0.29, 0.717) is 6.04 Å². The van der Waals surface area contributed by atoms with E-state index in [-0.39, 0.29) is 0 Å². The Labute approximate surface area is 103 Å². The Bertz CT molecular complexity index is 378. The first-order valence-corrected chi connectivity index (χ1v) is 6.52. The van der Waals surface area contributed by atoms with Crippen LogP contribution in [0.2, 0.25) is 0 Å². The van der Waals surface area contributed by atoms with E-state index >= 15 is 0 Å². The summed E-state index contributed by atoms with van der Waals surface area (Å²) >= 11 is 0. The molecule has 1 unspecified atom stereocenters. The molecule has 1 fully saturated rings. The Balaban J connectivity index is 2.18. The average Bonchev–Trinajstić information content (AvgIpc) is 2.72. The van der Waals surface area contributed by atoms with Gasteiger partial charge in [-0.05, 0) is 39.3 Å². The molecule has 1 aliphatic heterocycles. The van der Waals surface area contributed by atoms with Gasteiger partial charge >= 0.3 is 0 Å². The third kappa shape index (κ3) is 2.94. The van der Waals surface area contributed by atoms with Gasteiger partial charge in [0.1, 0.15) is 0 Å². The summed E-state index contributed by atoms with van der Waals surface area (Å²) in [6, 6.07) is 2.64. The highest BCUT2D eigenvalue weighted by molar-refractivity contribution is 5.35. The van der Waals surface area contributed by atoms with Gasteiger partial charge in [0.25, 0.3) is 0 Å². The lowest BCUT2D eigenvalue weighted by molar-refractivity contribution is 0.687. The summed E-state index contributed by atoms with van der Waals surface area (Å²) in [6.45, 7) is 9.29. The van der Waals surface area contributed by atoms with E-state index in [4.69, 9.17) is 0 Å². The van der Waals surface area contributed by atoms with Gasteiger partial charge in [-0.25, -0.2) is 9.97 Å². The molecule has 94 valence electrons. The Hall–Kier alpha value is -1.16. The standard InChI is InChI=1S/C13H22N4/c1-4-14-9-12-8-10(2)15-13(16-12)17-7-5-6-11(17)3/h8,11,14H,4-7,9H2,1-3H3. The smallest absolute Gasteiger partial charge is 0.226 e. The summed E-state index contributed by atoms with van der Waals surface area (Å²) in [4.78, 5) is 11.5. The van der Waals surface area contributed by atoms with Crippen LogP contribution in [0.1, 0.15) is 38.1 Å². The predicted molar refractivity (Wildman–Crippen MR) is 70.2 cm³/mol. The van der Waals surface area contributed by atoms with Gasteiger partial charge < -0.3 is 10.2 Å². The SMILES string of the molecule is CCNCc1cc(C)nc(N2CCCC2C)n1. The molecule has 0 bridgehead atoms. The molecule has 1 aromatic heterocycles. The largest absolute Gasteiger partial charge is 0.338 e. The summed E-state index contributed by atoms with van der Waals surface area (Å²) in [5, 5.41) is 3.31. The first kappa shape index (κ1) is 12.3. The molecule has 4 nitrogen and oxygen atoms in total. The van der Waals surface area contributed by atoms with Crippen molar-refractivity contribution in [2.75, 3.05) is 18.0 Å². The second-order valence-electron chi connectivity index (χ2n) is 4.77. The van der Waals surface area contributed by atoms with Crippen molar-refractivity contribution in [3.63, 3.8) is 0 Å². The average molecular weight is 234 g/mol. The summed E-state index contributed by atoms with van der Waals surface area (Å²) < 4.78 is 0. The molecule has 0 spiro atoms. The van der Waals surface area contributed by atoms with E-state index in [2.05, 4.69) is 40.1 Å². The van der Waals surface area contributed by atoms with Gasteiger partial charge in [-0.2, -0.15) is 0 Å². The van der Waals surface area contributed by atoms with Crippen molar-refractivity contribution >= 4 is 5.95 Å². The number of nitrogens with one attached hydrogen (secondary N) is 1. The minimum atomic E-state index is 0.573. The molecule has 0 amide bonds. The third-order valence-corrected chi connectivity index (χ3v) is 3.26. The van der Waals surface area contributed by atoms with Gasteiger partial charge in [0.2, 0.25) is 5.95 Å². The minimum Gasteiger partial charge on any atom is -0.338 e. The fraction of sp³-hybridized carbons (Fsp3) is 0.692. The lowest BCUT2D eigenvalue weighted by atomic mass is 10.2. The zero-order valence-electron chi connectivity index (χ0n) is 11.0. The van der Waals surface area contributed by atoms with Crippen molar-refractivity contribution in [3.8, 4) is 0 Å². The molecule has 0 saturated carbocycles. The van der Waals surface area contributed by atoms with Crippen LogP contribution in [-0.2, 0) is 6.54 Å². The molecule has 1 atom stereocenters. The molecular formula is C13H22N4. The highest BCUT2D eigenvalue weighted by Crippen LogP contribution is 2.22. The molecule has 1 saturated heterocycles. The van der Waals surface area contributed by atoms with Crippen LogP contribution in [-0.4, -0.2) is 29.1 Å². The molecule has 1 N–H and O–H groups in total. The first-order chi connectivity index (χ1) is 8.20. The topological polar surface area (TPSA) is 41.1 Å². The van der Waals surface area contributed by atoms with Crippen molar-refractivity contribution in [2.24, 2.45) is 0 Å². The van der Waals surface area contributed by atoms with Crippen LogP contribution >= 0.6 is 0 Å². The van der Waals surface area contributed by atoms with E-state index in [1.165, 1.54) is 12.8 Å². The molecular weight excluding hydrogens is 212 g/mol. The Morgan fingerprint density at radius 3 is 2.94 bits per heavy atom. The number of rotatable bonds is 4. The van der Waals surface area contributed by atoms with E-state index in [0.717, 1.165) is 37.0 Å². The molecule has 0 radical (unpaired) electrons. The molecule has 4 heteroatoms. The monoisotopic (exact) mass is 234 g/mol. The van der Waals surface area contributed by atoms with Crippen molar-refractivity contribution in [2.45, 2.75) is 46.2 Å². The molecule has 1 aromatic rings. The van der Waals surface area contributed by atoms with E-state index in [1.54, 1.807) is 0 Å². The van der Waals surface area contributed by atoms with Gasteiger partial charge in [-0.1, -0.05) is 6.92 Å². The summed E-state index contributed by atoms with van der Waals surface area (Å²) in [5.41, 5.74) is 2.15. The number of anilines is 1. The van der Waals surface area contributed by atoms with Crippen LogP contribution in [0.15, 0.2) is 6.07 Å².